The van der Waals surface area contributed by atoms with E-state index in [-0.39, 0.29) is 12.1 Å². The Morgan fingerprint density at radius 1 is 1.83 bits per heavy atom. The summed E-state index contributed by atoms with van der Waals surface area (Å²) in [5.41, 5.74) is 0. The molecule has 0 saturated carbocycles. The highest BCUT2D eigenvalue weighted by Crippen LogP contribution is 2.20. The van der Waals surface area contributed by atoms with Crippen molar-refractivity contribution < 1.29 is 14.3 Å². The zero-order valence-electron chi connectivity index (χ0n) is 7.29. The van der Waals surface area contributed by atoms with Crippen LogP contribution < -0.4 is 0 Å². The number of carbonyl (C=O) groups excluding carboxylic acids is 1. The van der Waals surface area contributed by atoms with Gasteiger partial charge in [-0.1, -0.05) is 6.58 Å². The maximum absolute atomic E-state index is 10.7. The summed E-state index contributed by atoms with van der Waals surface area (Å²) in [7, 11) is 0. The maximum atomic E-state index is 10.7. The summed E-state index contributed by atoms with van der Waals surface area (Å²) in [6.07, 6.45) is 2.37. The van der Waals surface area contributed by atoms with Gasteiger partial charge in [0, 0.05) is 18.6 Å². The molecule has 1 aliphatic rings. The quantitative estimate of drug-likeness (QED) is 0.470. The fourth-order valence-electron chi connectivity index (χ4n) is 1.24. The second kappa shape index (κ2) is 4.26. The lowest BCUT2D eigenvalue weighted by molar-refractivity contribution is -0.139. The Kier molecular flexibility index (Phi) is 3.29. The Morgan fingerprint density at radius 2 is 2.58 bits per heavy atom. The van der Waals surface area contributed by atoms with Gasteiger partial charge in [0.2, 0.25) is 0 Å². The Bertz CT molecular complexity index is 177. The average Bonchev–Trinajstić information content (AvgIpc) is 2.47. The van der Waals surface area contributed by atoms with E-state index in [2.05, 4.69) is 6.58 Å². The number of hydrogen-bond donors (Lipinski definition) is 0. The fourth-order valence-corrected chi connectivity index (χ4v) is 1.24. The summed E-state index contributed by atoms with van der Waals surface area (Å²) >= 11 is 0. The molecule has 1 aliphatic heterocycles. The van der Waals surface area contributed by atoms with Crippen LogP contribution in [0.4, 0.5) is 0 Å². The minimum Gasteiger partial charge on any atom is -0.462 e. The van der Waals surface area contributed by atoms with Crippen molar-refractivity contribution in [2.75, 3.05) is 13.2 Å². The van der Waals surface area contributed by atoms with Crippen LogP contribution in [0.5, 0.6) is 0 Å². The minimum absolute atomic E-state index is 0.211. The second-order valence-corrected chi connectivity index (χ2v) is 2.96. The topological polar surface area (TPSA) is 35.5 Å². The normalized spacial score (nSPS) is 28.4. The molecule has 3 nitrogen and oxygen atoms in total. The summed E-state index contributed by atoms with van der Waals surface area (Å²) in [5.74, 6) is 0.00278. The van der Waals surface area contributed by atoms with Crippen LogP contribution in [0, 0.1) is 5.92 Å². The number of ether oxygens (including phenoxy) is 2. The van der Waals surface area contributed by atoms with E-state index in [9.17, 15) is 4.79 Å². The summed E-state index contributed by atoms with van der Waals surface area (Å²) < 4.78 is 10.2. The van der Waals surface area contributed by atoms with E-state index in [0.717, 1.165) is 13.0 Å². The standard InChI is InChI=1S/C9H14O3/c1-3-9(10)12-6-8-4-5-11-7(8)2/h3,7-8H,1,4-6H2,2H3. The third kappa shape index (κ3) is 2.34. The van der Waals surface area contributed by atoms with Gasteiger partial charge in [0.05, 0.1) is 12.7 Å². The van der Waals surface area contributed by atoms with E-state index in [0.29, 0.717) is 12.5 Å². The van der Waals surface area contributed by atoms with Crippen molar-refractivity contribution in [2.24, 2.45) is 5.92 Å². The molecular formula is C9H14O3. The van der Waals surface area contributed by atoms with Gasteiger partial charge in [-0.2, -0.15) is 0 Å². The number of esters is 1. The summed E-state index contributed by atoms with van der Waals surface area (Å²) in [6.45, 7) is 6.54. The largest absolute Gasteiger partial charge is 0.462 e. The Hall–Kier alpha value is -0.830. The van der Waals surface area contributed by atoms with Gasteiger partial charge >= 0.3 is 5.97 Å². The number of hydrogen-bond acceptors (Lipinski definition) is 3. The zero-order chi connectivity index (χ0) is 8.97. The monoisotopic (exact) mass is 170 g/mol. The first-order chi connectivity index (χ1) is 5.74. The van der Waals surface area contributed by atoms with E-state index < -0.39 is 0 Å². The van der Waals surface area contributed by atoms with Gasteiger partial charge in [-0.3, -0.25) is 0 Å². The highest BCUT2D eigenvalue weighted by Gasteiger charge is 2.24. The van der Waals surface area contributed by atoms with Crippen LogP contribution in [0.1, 0.15) is 13.3 Å². The third-order valence-corrected chi connectivity index (χ3v) is 2.14. The zero-order valence-corrected chi connectivity index (χ0v) is 7.29. The molecule has 2 unspecified atom stereocenters. The molecule has 0 N–H and O–H groups in total. The SMILES string of the molecule is C=CC(=O)OCC1CCOC1C. The molecule has 1 saturated heterocycles. The van der Waals surface area contributed by atoms with Crippen LogP contribution in [-0.2, 0) is 14.3 Å². The minimum atomic E-state index is -0.353. The van der Waals surface area contributed by atoms with Gasteiger partial charge in [-0.25, -0.2) is 4.79 Å². The van der Waals surface area contributed by atoms with Crippen LogP contribution >= 0.6 is 0 Å². The molecule has 68 valence electrons. The Balaban J connectivity index is 2.22. The summed E-state index contributed by atoms with van der Waals surface area (Å²) in [4.78, 5) is 10.7. The molecule has 1 rings (SSSR count). The van der Waals surface area contributed by atoms with Crippen molar-refractivity contribution >= 4 is 5.97 Å². The number of carbonyl (C=O) groups is 1. The molecule has 12 heavy (non-hydrogen) atoms. The van der Waals surface area contributed by atoms with Crippen LogP contribution in [-0.4, -0.2) is 25.3 Å². The van der Waals surface area contributed by atoms with E-state index in [1.165, 1.54) is 6.08 Å². The molecule has 2 atom stereocenters. The van der Waals surface area contributed by atoms with Crippen molar-refractivity contribution in [1.29, 1.82) is 0 Å². The highest BCUT2D eigenvalue weighted by atomic mass is 16.5. The molecule has 0 radical (unpaired) electrons. The van der Waals surface area contributed by atoms with Crippen molar-refractivity contribution in [3.63, 3.8) is 0 Å². The van der Waals surface area contributed by atoms with Crippen molar-refractivity contribution in [3.05, 3.63) is 12.7 Å². The first-order valence-corrected chi connectivity index (χ1v) is 4.15. The van der Waals surface area contributed by atoms with Crippen LogP contribution in [0.2, 0.25) is 0 Å². The molecular weight excluding hydrogens is 156 g/mol. The van der Waals surface area contributed by atoms with Gasteiger partial charge in [0.1, 0.15) is 0 Å². The van der Waals surface area contributed by atoms with Gasteiger partial charge in [-0.05, 0) is 13.3 Å². The predicted molar refractivity (Wildman–Crippen MR) is 44.7 cm³/mol. The molecule has 1 fully saturated rings. The fraction of sp³-hybridized carbons (Fsp3) is 0.667. The van der Waals surface area contributed by atoms with E-state index >= 15 is 0 Å². The smallest absolute Gasteiger partial charge is 0.330 e. The summed E-state index contributed by atoms with van der Waals surface area (Å²) in [5, 5.41) is 0. The van der Waals surface area contributed by atoms with E-state index in [1.54, 1.807) is 0 Å². The molecule has 0 aliphatic carbocycles. The Morgan fingerprint density at radius 3 is 3.08 bits per heavy atom. The average molecular weight is 170 g/mol. The first-order valence-electron chi connectivity index (χ1n) is 4.15. The van der Waals surface area contributed by atoms with E-state index in [1.807, 2.05) is 6.92 Å². The molecule has 1 heterocycles. The molecule has 0 aromatic carbocycles. The lowest BCUT2D eigenvalue weighted by Gasteiger charge is -2.12. The van der Waals surface area contributed by atoms with Crippen LogP contribution in [0.3, 0.4) is 0 Å². The van der Waals surface area contributed by atoms with Gasteiger partial charge in [-0.15, -0.1) is 0 Å². The summed E-state index contributed by atoms with van der Waals surface area (Å²) in [6, 6.07) is 0. The van der Waals surface area contributed by atoms with Crippen LogP contribution in [0.15, 0.2) is 12.7 Å². The molecule has 0 aromatic rings. The van der Waals surface area contributed by atoms with E-state index in [4.69, 9.17) is 9.47 Å². The lowest BCUT2D eigenvalue weighted by Crippen LogP contribution is -2.19. The lowest BCUT2D eigenvalue weighted by atomic mass is 10.0. The highest BCUT2D eigenvalue weighted by molar-refractivity contribution is 5.81. The number of rotatable bonds is 3. The molecule has 3 heteroatoms. The Labute approximate surface area is 72.4 Å². The molecule has 0 amide bonds. The third-order valence-electron chi connectivity index (χ3n) is 2.14. The van der Waals surface area contributed by atoms with Crippen LogP contribution in [0.25, 0.3) is 0 Å². The maximum Gasteiger partial charge on any atom is 0.330 e. The first kappa shape index (κ1) is 9.26. The predicted octanol–water partition coefficient (Wildman–Crippen LogP) is 1.14. The van der Waals surface area contributed by atoms with Gasteiger partial charge in [0.15, 0.2) is 0 Å². The van der Waals surface area contributed by atoms with Crippen molar-refractivity contribution in [2.45, 2.75) is 19.4 Å². The molecule has 0 spiro atoms. The van der Waals surface area contributed by atoms with Gasteiger partial charge < -0.3 is 9.47 Å². The van der Waals surface area contributed by atoms with Crippen molar-refractivity contribution in [3.8, 4) is 0 Å². The molecule has 0 bridgehead atoms. The second-order valence-electron chi connectivity index (χ2n) is 2.96. The van der Waals surface area contributed by atoms with Gasteiger partial charge in [0.25, 0.3) is 0 Å². The molecule has 0 aromatic heterocycles. The van der Waals surface area contributed by atoms with Crippen molar-refractivity contribution in [1.82, 2.24) is 0 Å².